The first-order valence-electron chi connectivity index (χ1n) is 13.1. The Bertz CT molecular complexity index is 279. The van der Waals surface area contributed by atoms with Crippen LogP contribution in [0.5, 0.6) is 0 Å². The van der Waals surface area contributed by atoms with Crippen LogP contribution in [0.2, 0.25) is 0 Å². The van der Waals surface area contributed by atoms with E-state index in [0.29, 0.717) is 19.8 Å². The lowest BCUT2D eigenvalue weighted by Crippen LogP contribution is -2.00. The van der Waals surface area contributed by atoms with Gasteiger partial charge in [0.2, 0.25) is 0 Å². The van der Waals surface area contributed by atoms with Gasteiger partial charge in [0.15, 0.2) is 0 Å². The number of hydrogen-bond donors (Lipinski definition) is 0. The molecule has 0 rings (SSSR count). The van der Waals surface area contributed by atoms with Crippen LogP contribution in [0.1, 0.15) is 119 Å². The SMILES string of the molecule is CCCCCCOP(OCCCCCC)OCCCCCC.CCOP(OCC)OCC. The van der Waals surface area contributed by atoms with E-state index >= 15 is 0 Å². The van der Waals surface area contributed by atoms with E-state index < -0.39 is 17.2 Å². The van der Waals surface area contributed by atoms with Crippen LogP contribution in [-0.4, -0.2) is 39.6 Å². The molecule has 0 aromatic rings. The van der Waals surface area contributed by atoms with Crippen LogP contribution in [0.4, 0.5) is 0 Å². The summed E-state index contributed by atoms with van der Waals surface area (Å²) < 4.78 is 32.9. The highest BCUT2D eigenvalue weighted by Gasteiger charge is 2.12. The summed E-state index contributed by atoms with van der Waals surface area (Å²) in [4.78, 5) is 0. The smallest absolute Gasteiger partial charge is 0.313 e. The molecule has 0 aliphatic heterocycles. The van der Waals surface area contributed by atoms with E-state index in [2.05, 4.69) is 20.8 Å². The van der Waals surface area contributed by atoms with E-state index in [1.54, 1.807) is 0 Å². The fraction of sp³-hybridized carbons (Fsp3) is 1.00. The lowest BCUT2D eigenvalue weighted by Gasteiger charge is -2.17. The summed E-state index contributed by atoms with van der Waals surface area (Å²) in [7, 11) is -2.18. The Morgan fingerprint density at radius 1 is 0.344 bits per heavy atom. The third-order valence-electron chi connectivity index (χ3n) is 4.29. The molecule has 0 heterocycles. The predicted octanol–water partition coefficient (Wildman–Crippen LogP) is 9.33. The number of rotatable bonds is 24. The van der Waals surface area contributed by atoms with Crippen molar-refractivity contribution in [2.45, 2.75) is 119 Å². The maximum absolute atomic E-state index is 5.82. The summed E-state index contributed by atoms with van der Waals surface area (Å²) in [6.07, 6.45) is 14.7. The van der Waals surface area contributed by atoms with Crippen molar-refractivity contribution in [2.24, 2.45) is 0 Å². The second-order valence-corrected chi connectivity index (χ2v) is 9.83. The van der Waals surface area contributed by atoms with Crippen molar-refractivity contribution in [1.29, 1.82) is 0 Å². The van der Waals surface area contributed by atoms with Crippen LogP contribution in [0.25, 0.3) is 0 Å². The molecule has 0 aliphatic carbocycles. The first kappa shape index (κ1) is 34.8. The lowest BCUT2D eigenvalue weighted by atomic mass is 10.2. The Labute approximate surface area is 202 Å². The molecule has 0 radical (unpaired) electrons. The van der Waals surface area contributed by atoms with Crippen LogP contribution in [0.3, 0.4) is 0 Å². The van der Waals surface area contributed by atoms with Gasteiger partial charge in [-0.1, -0.05) is 78.6 Å². The quantitative estimate of drug-likeness (QED) is 0.0972. The molecule has 8 heteroatoms. The molecule has 0 aliphatic rings. The monoisotopic (exact) mass is 500 g/mol. The average Bonchev–Trinajstić information content (AvgIpc) is 2.79. The maximum Gasteiger partial charge on any atom is 0.332 e. The van der Waals surface area contributed by atoms with Gasteiger partial charge in [0, 0.05) is 0 Å². The number of hydrogen-bond acceptors (Lipinski definition) is 6. The summed E-state index contributed by atoms with van der Waals surface area (Å²) in [6.45, 7) is 16.7. The number of unbranched alkanes of at least 4 members (excludes halogenated alkanes) is 9. The Kier molecular flexibility index (Phi) is 34.4. The van der Waals surface area contributed by atoms with Crippen molar-refractivity contribution in [3.63, 3.8) is 0 Å². The van der Waals surface area contributed by atoms with E-state index in [4.69, 9.17) is 27.1 Å². The molecule has 0 aromatic heterocycles. The van der Waals surface area contributed by atoms with E-state index in [-0.39, 0.29) is 0 Å². The summed E-state index contributed by atoms with van der Waals surface area (Å²) in [5, 5.41) is 0. The van der Waals surface area contributed by atoms with E-state index in [0.717, 1.165) is 39.1 Å². The molecule has 0 saturated carbocycles. The molecule has 0 aromatic carbocycles. The van der Waals surface area contributed by atoms with Gasteiger partial charge in [0.1, 0.15) is 0 Å². The van der Waals surface area contributed by atoms with Crippen LogP contribution in [0.15, 0.2) is 0 Å². The molecule has 0 amide bonds. The largest absolute Gasteiger partial charge is 0.332 e. The first-order valence-corrected chi connectivity index (χ1v) is 15.3. The summed E-state index contributed by atoms with van der Waals surface area (Å²) in [6, 6.07) is 0. The van der Waals surface area contributed by atoms with E-state index in [9.17, 15) is 0 Å². The zero-order valence-corrected chi connectivity index (χ0v) is 23.9. The van der Waals surface area contributed by atoms with Gasteiger partial charge in [-0.05, 0) is 40.0 Å². The lowest BCUT2D eigenvalue weighted by molar-refractivity contribution is 0.154. The summed E-state index contributed by atoms with van der Waals surface area (Å²) >= 11 is 0. The molecular weight excluding hydrogens is 446 g/mol. The second kappa shape index (κ2) is 31.6. The van der Waals surface area contributed by atoms with Gasteiger partial charge < -0.3 is 27.1 Å². The van der Waals surface area contributed by atoms with Crippen LogP contribution in [0, 0.1) is 0 Å². The molecule has 0 atom stereocenters. The minimum Gasteiger partial charge on any atom is -0.313 e. The Morgan fingerprint density at radius 3 is 0.875 bits per heavy atom. The van der Waals surface area contributed by atoms with Crippen molar-refractivity contribution in [3.8, 4) is 0 Å². The van der Waals surface area contributed by atoms with Crippen molar-refractivity contribution in [1.82, 2.24) is 0 Å². The third-order valence-corrected chi connectivity index (χ3v) is 6.87. The van der Waals surface area contributed by atoms with Gasteiger partial charge in [0.25, 0.3) is 0 Å². The molecule has 6 nitrogen and oxygen atoms in total. The zero-order chi connectivity index (χ0) is 24.1. The highest BCUT2D eigenvalue weighted by atomic mass is 31.2. The third kappa shape index (κ3) is 28.7. The van der Waals surface area contributed by atoms with Gasteiger partial charge in [0.05, 0.1) is 39.6 Å². The van der Waals surface area contributed by atoms with Crippen molar-refractivity contribution < 1.29 is 27.1 Å². The average molecular weight is 501 g/mol. The molecule has 32 heavy (non-hydrogen) atoms. The maximum atomic E-state index is 5.82. The van der Waals surface area contributed by atoms with Crippen molar-refractivity contribution in [2.75, 3.05) is 39.6 Å². The molecule has 0 fully saturated rings. The van der Waals surface area contributed by atoms with Gasteiger partial charge in [-0.3, -0.25) is 0 Å². The minimum atomic E-state index is -1.12. The highest BCUT2D eigenvalue weighted by Crippen LogP contribution is 2.40. The van der Waals surface area contributed by atoms with Gasteiger partial charge in [-0.2, -0.15) is 0 Å². The van der Waals surface area contributed by atoms with Crippen LogP contribution < -0.4 is 0 Å². The van der Waals surface area contributed by atoms with Crippen LogP contribution >= 0.6 is 17.2 Å². The zero-order valence-electron chi connectivity index (χ0n) is 22.1. The molecule has 0 N–H and O–H groups in total. The minimum absolute atomic E-state index is 0.645. The normalized spacial score (nSPS) is 11.2. The Hall–Kier alpha value is 0.620. The molecule has 0 unspecified atom stereocenters. The molecule has 196 valence electrons. The second-order valence-electron chi connectivity index (χ2n) is 7.38. The van der Waals surface area contributed by atoms with Gasteiger partial charge >= 0.3 is 17.2 Å². The Morgan fingerprint density at radius 2 is 0.625 bits per heavy atom. The highest BCUT2D eigenvalue weighted by molar-refractivity contribution is 7.41. The van der Waals surface area contributed by atoms with E-state index in [1.165, 1.54) is 57.8 Å². The van der Waals surface area contributed by atoms with E-state index in [1.807, 2.05) is 20.8 Å². The first-order chi connectivity index (χ1) is 15.7. The van der Waals surface area contributed by atoms with Gasteiger partial charge in [-0.15, -0.1) is 0 Å². The van der Waals surface area contributed by atoms with Crippen molar-refractivity contribution >= 4 is 17.2 Å². The van der Waals surface area contributed by atoms with Crippen LogP contribution in [-0.2, 0) is 27.1 Å². The molecule has 0 saturated heterocycles. The van der Waals surface area contributed by atoms with Gasteiger partial charge in [-0.25, -0.2) is 0 Å². The summed E-state index contributed by atoms with van der Waals surface area (Å²) in [5.74, 6) is 0. The fourth-order valence-corrected chi connectivity index (χ4v) is 4.46. The molecular formula is C24H54O6P2. The summed E-state index contributed by atoms with van der Waals surface area (Å²) in [5.41, 5.74) is 0. The fourth-order valence-electron chi connectivity index (χ4n) is 2.54. The standard InChI is InChI=1S/C18H39O3P.C6H15O3P/c1-4-7-10-13-16-19-22(20-17-14-11-8-5-2)21-18-15-12-9-6-3;1-4-7-10(8-5-2)9-6-3/h4-18H2,1-3H3;4-6H2,1-3H3. The molecule has 0 bridgehead atoms. The predicted molar refractivity (Wildman–Crippen MR) is 139 cm³/mol. The Balaban J connectivity index is 0. The van der Waals surface area contributed by atoms with Crippen molar-refractivity contribution in [3.05, 3.63) is 0 Å². The molecule has 0 spiro atoms. The topological polar surface area (TPSA) is 55.4 Å².